The van der Waals surface area contributed by atoms with Gasteiger partial charge in [-0.15, -0.1) is 0 Å². The van der Waals surface area contributed by atoms with Gasteiger partial charge in [-0.25, -0.2) is 4.79 Å². The third kappa shape index (κ3) is 11.3. The fourth-order valence-electron chi connectivity index (χ4n) is 3.99. The molecule has 1 aliphatic rings. The number of hydrogen-bond donors (Lipinski definition) is 2. The van der Waals surface area contributed by atoms with Gasteiger partial charge in [-0.05, 0) is 59.3 Å². The zero-order valence-electron chi connectivity index (χ0n) is 18.8. The van der Waals surface area contributed by atoms with Crippen molar-refractivity contribution in [3.63, 3.8) is 0 Å². The van der Waals surface area contributed by atoms with Crippen LogP contribution in [0.2, 0.25) is 0 Å². The summed E-state index contributed by atoms with van der Waals surface area (Å²) in [6.07, 6.45) is 11.9. The van der Waals surface area contributed by atoms with Crippen molar-refractivity contribution in [2.75, 3.05) is 6.54 Å². The van der Waals surface area contributed by atoms with E-state index in [1.165, 1.54) is 32.1 Å². The van der Waals surface area contributed by atoms with E-state index in [0.717, 1.165) is 38.5 Å². The molecule has 0 aliphatic carbocycles. The molecule has 0 spiro atoms. The van der Waals surface area contributed by atoms with Crippen LogP contribution in [0.5, 0.6) is 0 Å². The third-order valence-corrected chi connectivity index (χ3v) is 5.48. The van der Waals surface area contributed by atoms with Crippen LogP contribution in [0.25, 0.3) is 0 Å². The quantitative estimate of drug-likeness (QED) is 0.430. The van der Waals surface area contributed by atoms with Crippen LogP contribution in [0.3, 0.4) is 0 Å². The minimum Gasteiger partial charge on any atom is -0.444 e. The van der Waals surface area contributed by atoms with Crippen molar-refractivity contribution >= 4 is 6.09 Å². The summed E-state index contributed by atoms with van der Waals surface area (Å²) in [4.78, 5) is 14.2. The summed E-state index contributed by atoms with van der Waals surface area (Å²) in [5.41, 5.74) is -0.509. The molecule has 0 aromatic heterocycles. The predicted molar refractivity (Wildman–Crippen MR) is 114 cm³/mol. The smallest absolute Gasteiger partial charge is 0.410 e. The number of piperidine rings is 1. The number of likely N-dealkylation sites (tertiary alicyclic amines) is 1. The maximum absolute atomic E-state index is 12.5. The number of aliphatic hydroxyl groups excluding tert-OH is 2. The van der Waals surface area contributed by atoms with Crippen molar-refractivity contribution < 1.29 is 19.7 Å². The molecule has 1 amide bonds. The zero-order chi connectivity index (χ0) is 21.0. The van der Waals surface area contributed by atoms with Gasteiger partial charge in [-0.3, -0.25) is 0 Å². The second-order valence-corrected chi connectivity index (χ2v) is 9.51. The molecule has 5 nitrogen and oxygen atoms in total. The summed E-state index contributed by atoms with van der Waals surface area (Å²) in [7, 11) is 0. The molecule has 1 aliphatic heterocycles. The number of ether oxygens (including phenoxy) is 1. The first-order valence-corrected chi connectivity index (χ1v) is 11.6. The molecule has 0 aromatic carbocycles. The maximum atomic E-state index is 12.5. The Morgan fingerprint density at radius 1 is 1.04 bits per heavy atom. The highest BCUT2D eigenvalue weighted by Crippen LogP contribution is 2.25. The van der Waals surface area contributed by atoms with E-state index in [0.29, 0.717) is 19.4 Å². The van der Waals surface area contributed by atoms with Crippen LogP contribution in [0.4, 0.5) is 4.79 Å². The number of carbonyl (C=O) groups excluding carboxylic acids is 1. The maximum Gasteiger partial charge on any atom is 0.410 e. The lowest BCUT2D eigenvalue weighted by Crippen LogP contribution is -2.47. The van der Waals surface area contributed by atoms with Crippen LogP contribution >= 0.6 is 0 Å². The first kappa shape index (κ1) is 25.2. The first-order valence-electron chi connectivity index (χ1n) is 11.6. The molecule has 1 rings (SSSR count). The third-order valence-electron chi connectivity index (χ3n) is 5.48. The summed E-state index contributed by atoms with van der Waals surface area (Å²) in [6.45, 7) is 8.53. The Bertz CT molecular complexity index is 421. The Kier molecular flexibility index (Phi) is 12.1. The Labute approximate surface area is 172 Å². The van der Waals surface area contributed by atoms with Crippen LogP contribution in [-0.2, 0) is 4.74 Å². The van der Waals surface area contributed by atoms with Crippen LogP contribution in [0.15, 0.2) is 0 Å². The molecule has 0 radical (unpaired) electrons. The van der Waals surface area contributed by atoms with Crippen molar-refractivity contribution in [3.8, 4) is 0 Å². The summed E-state index contributed by atoms with van der Waals surface area (Å²) in [5, 5.41) is 20.7. The number of aliphatic hydroxyl groups is 2. The monoisotopic (exact) mass is 399 g/mol. The number of carbonyl (C=O) groups is 1. The second kappa shape index (κ2) is 13.4. The summed E-state index contributed by atoms with van der Waals surface area (Å²) >= 11 is 0. The molecule has 1 saturated heterocycles. The van der Waals surface area contributed by atoms with Gasteiger partial charge in [0, 0.05) is 12.6 Å². The fourth-order valence-corrected chi connectivity index (χ4v) is 3.99. The van der Waals surface area contributed by atoms with Crippen molar-refractivity contribution in [1.82, 2.24) is 4.90 Å². The van der Waals surface area contributed by atoms with Gasteiger partial charge in [0.05, 0.1) is 12.2 Å². The molecule has 5 heteroatoms. The van der Waals surface area contributed by atoms with Crippen molar-refractivity contribution in [2.24, 2.45) is 0 Å². The van der Waals surface area contributed by atoms with Crippen LogP contribution in [0.1, 0.15) is 111 Å². The van der Waals surface area contributed by atoms with Gasteiger partial charge in [0.15, 0.2) is 0 Å². The van der Waals surface area contributed by atoms with Crippen LogP contribution in [0, 0.1) is 0 Å². The highest BCUT2D eigenvalue weighted by atomic mass is 16.6. The molecular weight excluding hydrogens is 354 g/mol. The highest BCUT2D eigenvalue weighted by Gasteiger charge is 2.32. The van der Waals surface area contributed by atoms with Gasteiger partial charge >= 0.3 is 6.09 Å². The largest absolute Gasteiger partial charge is 0.444 e. The minimum absolute atomic E-state index is 0.00404. The van der Waals surface area contributed by atoms with E-state index < -0.39 is 17.8 Å². The van der Waals surface area contributed by atoms with E-state index in [-0.39, 0.29) is 12.1 Å². The van der Waals surface area contributed by atoms with Gasteiger partial charge in [-0.2, -0.15) is 0 Å². The number of nitrogens with zero attached hydrogens (tertiary/aromatic N) is 1. The van der Waals surface area contributed by atoms with Crippen molar-refractivity contribution in [3.05, 3.63) is 0 Å². The molecular formula is C23H45NO4. The van der Waals surface area contributed by atoms with Gasteiger partial charge in [0.25, 0.3) is 0 Å². The molecule has 0 saturated carbocycles. The van der Waals surface area contributed by atoms with E-state index in [1.54, 1.807) is 4.90 Å². The lowest BCUT2D eigenvalue weighted by atomic mass is 9.94. The molecule has 28 heavy (non-hydrogen) atoms. The Morgan fingerprint density at radius 2 is 1.68 bits per heavy atom. The molecule has 0 aromatic rings. The summed E-state index contributed by atoms with van der Waals surface area (Å²) in [6, 6.07) is 0.00404. The van der Waals surface area contributed by atoms with E-state index in [2.05, 4.69) is 6.92 Å². The fraction of sp³-hybridized carbons (Fsp3) is 0.957. The lowest BCUT2D eigenvalue weighted by molar-refractivity contribution is -0.00195. The molecule has 0 bridgehead atoms. The summed E-state index contributed by atoms with van der Waals surface area (Å²) in [5.74, 6) is 0. The first-order chi connectivity index (χ1) is 13.2. The molecule has 166 valence electrons. The number of unbranched alkanes of at least 4 members (excludes halogenated alkanes) is 6. The SMILES string of the molecule is CCCCCCCCC[C@H](O)C[C@H](O)C[C@@H]1CCCCN1C(=O)OC(C)(C)C. The topological polar surface area (TPSA) is 70.0 Å². The lowest BCUT2D eigenvalue weighted by Gasteiger charge is -2.37. The molecule has 0 unspecified atom stereocenters. The normalized spacial score (nSPS) is 20.1. The Morgan fingerprint density at radius 3 is 2.32 bits per heavy atom. The minimum atomic E-state index is -0.576. The van der Waals surface area contributed by atoms with Gasteiger partial charge in [0.1, 0.15) is 5.60 Å². The van der Waals surface area contributed by atoms with E-state index >= 15 is 0 Å². The highest BCUT2D eigenvalue weighted by molar-refractivity contribution is 5.68. The van der Waals surface area contributed by atoms with Gasteiger partial charge in [-0.1, -0.05) is 51.9 Å². The standard InChI is InChI=1S/C23H45NO4/c1-5-6-7-8-9-10-11-15-20(25)18-21(26)17-19-14-12-13-16-24(19)22(27)28-23(2,3)4/h19-21,25-26H,5-18H2,1-4H3/t19-,20-,21+/m0/s1. The molecule has 3 atom stereocenters. The Balaban J connectivity index is 2.30. The van der Waals surface area contributed by atoms with E-state index in [4.69, 9.17) is 4.74 Å². The second-order valence-electron chi connectivity index (χ2n) is 9.51. The van der Waals surface area contributed by atoms with Crippen molar-refractivity contribution in [1.29, 1.82) is 0 Å². The molecule has 2 N–H and O–H groups in total. The predicted octanol–water partition coefficient (Wildman–Crippen LogP) is 5.42. The number of rotatable bonds is 12. The number of hydrogen-bond acceptors (Lipinski definition) is 4. The summed E-state index contributed by atoms with van der Waals surface area (Å²) < 4.78 is 5.53. The van der Waals surface area contributed by atoms with E-state index in [9.17, 15) is 15.0 Å². The molecule has 1 fully saturated rings. The van der Waals surface area contributed by atoms with Crippen molar-refractivity contribution in [2.45, 2.75) is 135 Å². The zero-order valence-corrected chi connectivity index (χ0v) is 18.8. The average molecular weight is 400 g/mol. The van der Waals surface area contributed by atoms with Crippen LogP contribution < -0.4 is 0 Å². The van der Waals surface area contributed by atoms with Crippen LogP contribution in [-0.4, -0.2) is 51.6 Å². The van der Waals surface area contributed by atoms with Gasteiger partial charge in [0.2, 0.25) is 0 Å². The molecule has 1 heterocycles. The Hall–Kier alpha value is -0.810. The number of amides is 1. The van der Waals surface area contributed by atoms with E-state index in [1.807, 2.05) is 20.8 Å². The van der Waals surface area contributed by atoms with Gasteiger partial charge < -0.3 is 19.8 Å². The average Bonchev–Trinajstić information content (AvgIpc) is 2.59.